The molecule has 6 heavy (non-hydrogen) atoms. The lowest BCUT2D eigenvalue weighted by molar-refractivity contribution is -0.104. The maximum absolute atomic E-state index is 9.51. The molecule has 0 aliphatic heterocycles. The van der Waals surface area contributed by atoms with Gasteiger partial charge in [-0.05, 0) is 6.92 Å². The first-order valence-corrected chi connectivity index (χ1v) is 1.57. The fourth-order valence-corrected chi connectivity index (χ4v) is 0.0304. The molecule has 0 radical (unpaired) electrons. The minimum Gasteiger partial charge on any atom is -0.515 e. The first kappa shape index (κ1) is 5.21. The van der Waals surface area contributed by atoms with Crippen LogP contribution in [0.15, 0.2) is 11.8 Å². The molecule has 0 fully saturated rings. The van der Waals surface area contributed by atoms with Gasteiger partial charge in [0.2, 0.25) is 0 Å². The number of hydrogen-bond acceptors (Lipinski definition) is 2. The number of carbonyl (C=O) groups is 1. The molecule has 0 saturated carbocycles. The van der Waals surface area contributed by atoms with Crippen molar-refractivity contribution in [2.75, 3.05) is 0 Å². The average Bonchev–Trinajstić information content (AvgIpc) is 1.65. The van der Waals surface area contributed by atoms with Crippen LogP contribution in [0.5, 0.6) is 0 Å². The second kappa shape index (κ2) is 2.45. The van der Waals surface area contributed by atoms with E-state index in [9.17, 15) is 4.79 Å². The van der Waals surface area contributed by atoms with Crippen molar-refractivity contribution in [3.8, 4) is 0 Å². The Morgan fingerprint density at radius 2 is 2.33 bits per heavy atom. The largest absolute Gasteiger partial charge is 0.515 e. The van der Waals surface area contributed by atoms with E-state index < -0.39 is 0 Å². The Bertz CT molecular complexity index is 73.6. The summed E-state index contributed by atoms with van der Waals surface area (Å²) in [4.78, 5) is 9.51. The Hall–Kier alpha value is -0.790. The van der Waals surface area contributed by atoms with Gasteiger partial charge in [0.1, 0.15) is 6.29 Å². The maximum atomic E-state index is 9.51. The fraction of sp³-hybridized carbons (Fsp3) is 0.250. The molecule has 0 saturated heterocycles. The van der Waals surface area contributed by atoms with Crippen LogP contribution in [0.25, 0.3) is 0 Å². The number of carbonyl (C=O) groups excluding carboxylic acids is 1. The summed E-state index contributed by atoms with van der Waals surface area (Å²) < 4.78 is 0. The predicted octanol–water partition coefficient (Wildman–Crippen LogP) is 0.647. The number of aliphatic hydroxyl groups excluding tert-OH is 1. The molecule has 0 spiro atoms. The molecule has 0 aliphatic carbocycles. The molecule has 2 nitrogen and oxygen atoms in total. The zero-order valence-corrected chi connectivity index (χ0v) is 3.51. The van der Waals surface area contributed by atoms with Crippen LogP contribution in [0.3, 0.4) is 0 Å². The van der Waals surface area contributed by atoms with E-state index in [4.69, 9.17) is 5.11 Å². The summed E-state index contributed by atoms with van der Waals surface area (Å²) in [5.74, 6) is 0. The van der Waals surface area contributed by atoms with Crippen molar-refractivity contribution in [1.29, 1.82) is 0 Å². The van der Waals surface area contributed by atoms with Crippen LogP contribution in [0, 0.1) is 0 Å². The number of hydrogen-bond donors (Lipinski definition) is 1. The predicted molar refractivity (Wildman–Crippen MR) is 22.4 cm³/mol. The SMILES string of the molecule is C/C(C=O)=C\O. The first-order chi connectivity index (χ1) is 2.81. The van der Waals surface area contributed by atoms with E-state index in [1.807, 2.05) is 0 Å². The average molecular weight is 86.1 g/mol. The van der Waals surface area contributed by atoms with Crippen LogP contribution in [0.2, 0.25) is 0 Å². The zero-order valence-electron chi connectivity index (χ0n) is 3.51. The van der Waals surface area contributed by atoms with Gasteiger partial charge < -0.3 is 5.11 Å². The molecule has 1 N–H and O–H groups in total. The van der Waals surface area contributed by atoms with Gasteiger partial charge in [0.15, 0.2) is 0 Å². The molecule has 0 amide bonds. The van der Waals surface area contributed by atoms with Crippen LogP contribution in [-0.2, 0) is 4.79 Å². The van der Waals surface area contributed by atoms with Crippen LogP contribution in [-0.4, -0.2) is 11.4 Å². The minimum absolute atomic E-state index is 0.343. The van der Waals surface area contributed by atoms with Crippen molar-refractivity contribution in [3.63, 3.8) is 0 Å². The highest BCUT2D eigenvalue weighted by atomic mass is 16.2. The van der Waals surface area contributed by atoms with Gasteiger partial charge in [0, 0.05) is 5.57 Å². The molecule has 0 atom stereocenters. The quantitative estimate of drug-likeness (QED) is 0.289. The van der Waals surface area contributed by atoms with Gasteiger partial charge in [-0.15, -0.1) is 0 Å². The van der Waals surface area contributed by atoms with E-state index in [-0.39, 0.29) is 0 Å². The molecule has 0 unspecified atom stereocenters. The fourth-order valence-electron chi connectivity index (χ4n) is 0.0304. The Kier molecular flexibility index (Phi) is 2.13. The molecular weight excluding hydrogens is 80.0 g/mol. The third kappa shape index (κ3) is 1.52. The number of allylic oxidation sites excluding steroid dienone is 1. The molecule has 0 aromatic heterocycles. The van der Waals surface area contributed by atoms with E-state index in [0.29, 0.717) is 11.9 Å². The van der Waals surface area contributed by atoms with Crippen LogP contribution < -0.4 is 0 Å². The van der Waals surface area contributed by atoms with E-state index >= 15 is 0 Å². The highest BCUT2D eigenvalue weighted by molar-refractivity contribution is 5.71. The van der Waals surface area contributed by atoms with Crippen molar-refractivity contribution < 1.29 is 9.90 Å². The van der Waals surface area contributed by atoms with Crippen molar-refractivity contribution in [2.24, 2.45) is 0 Å². The van der Waals surface area contributed by atoms with Gasteiger partial charge in [-0.1, -0.05) is 0 Å². The van der Waals surface area contributed by atoms with Gasteiger partial charge in [-0.25, -0.2) is 0 Å². The number of rotatable bonds is 1. The van der Waals surface area contributed by atoms with Crippen LogP contribution in [0.4, 0.5) is 0 Å². The number of aliphatic hydroxyl groups is 1. The molecule has 34 valence electrons. The van der Waals surface area contributed by atoms with E-state index in [0.717, 1.165) is 6.26 Å². The smallest absolute Gasteiger partial charge is 0.148 e. The number of aldehydes is 1. The minimum atomic E-state index is 0.343. The standard InChI is InChI=1S/C4H6O2/c1-4(2-5)3-6/h2-3,5H,1H3/b4-2+. The summed E-state index contributed by atoms with van der Waals surface area (Å²) in [5.41, 5.74) is 0.343. The van der Waals surface area contributed by atoms with Crippen molar-refractivity contribution >= 4 is 6.29 Å². The van der Waals surface area contributed by atoms with Gasteiger partial charge in [-0.3, -0.25) is 4.79 Å². The molecular formula is C4H6O2. The van der Waals surface area contributed by atoms with Crippen LogP contribution >= 0.6 is 0 Å². The molecule has 0 bridgehead atoms. The highest BCUT2D eigenvalue weighted by Gasteiger charge is 1.74. The maximum Gasteiger partial charge on any atom is 0.148 e. The lowest BCUT2D eigenvalue weighted by atomic mass is 10.4. The highest BCUT2D eigenvalue weighted by Crippen LogP contribution is 1.77. The molecule has 0 aliphatic rings. The summed E-state index contributed by atoms with van der Waals surface area (Å²) in [6.45, 7) is 1.52. The van der Waals surface area contributed by atoms with Crippen molar-refractivity contribution in [2.45, 2.75) is 6.92 Å². The lowest BCUT2D eigenvalue weighted by Gasteiger charge is -1.73. The van der Waals surface area contributed by atoms with Gasteiger partial charge in [0.05, 0.1) is 6.26 Å². The lowest BCUT2D eigenvalue weighted by Crippen LogP contribution is -1.71. The Labute approximate surface area is 36.1 Å². The topological polar surface area (TPSA) is 37.3 Å². The van der Waals surface area contributed by atoms with E-state index in [1.165, 1.54) is 6.92 Å². The van der Waals surface area contributed by atoms with Crippen LogP contribution in [0.1, 0.15) is 6.92 Å². The molecule has 0 aromatic rings. The van der Waals surface area contributed by atoms with E-state index in [2.05, 4.69) is 0 Å². The molecule has 0 heterocycles. The summed E-state index contributed by atoms with van der Waals surface area (Å²) in [6, 6.07) is 0. The summed E-state index contributed by atoms with van der Waals surface area (Å²) in [6.07, 6.45) is 1.35. The second-order valence-corrected chi connectivity index (χ2v) is 0.991. The van der Waals surface area contributed by atoms with Gasteiger partial charge >= 0.3 is 0 Å². The van der Waals surface area contributed by atoms with Gasteiger partial charge in [-0.2, -0.15) is 0 Å². The normalized spacial score (nSPS) is 11.2. The third-order valence-electron chi connectivity index (χ3n) is 0.390. The van der Waals surface area contributed by atoms with Crippen molar-refractivity contribution in [3.05, 3.63) is 11.8 Å². The Morgan fingerprint density at radius 3 is 2.33 bits per heavy atom. The first-order valence-electron chi connectivity index (χ1n) is 1.57. The Balaban J connectivity index is 3.50. The monoisotopic (exact) mass is 86.0 g/mol. The summed E-state index contributed by atoms with van der Waals surface area (Å²) in [7, 11) is 0. The van der Waals surface area contributed by atoms with Crippen molar-refractivity contribution in [1.82, 2.24) is 0 Å². The molecule has 0 rings (SSSR count). The molecule has 0 aromatic carbocycles. The summed E-state index contributed by atoms with van der Waals surface area (Å²) >= 11 is 0. The molecule has 2 heteroatoms. The van der Waals surface area contributed by atoms with Gasteiger partial charge in [0.25, 0.3) is 0 Å². The summed E-state index contributed by atoms with van der Waals surface area (Å²) in [5, 5.41) is 7.94. The van der Waals surface area contributed by atoms with E-state index in [1.54, 1.807) is 0 Å². The third-order valence-corrected chi connectivity index (χ3v) is 0.390. The Morgan fingerprint density at radius 1 is 1.83 bits per heavy atom. The second-order valence-electron chi connectivity index (χ2n) is 0.991. The zero-order chi connectivity index (χ0) is 4.99.